The van der Waals surface area contributed by atoms with Gasteiger partial charge in [0, 0.05) is 119 Å². The van der Waals surface area contributed by atoms with E-state index in [9.17, 15) is 22.8 Å². The van der Waals surface area contributed by atoms with Gasteiger partial charge in [0.25, 0.3) is 0 Å². The molecule has 2 amide bonds. The fourth-order valence-corrected chi connectivity index (χ4v) is 10.1. The predicted molar refractivity (Wildman–Crippen MR) is 212 cm³/mol. The van der Waals surface area contributed by atoms with Crippen LogP contribution in [0.25, 0.3) is 22.5 Å². The molecular weight excluding hydrogens is 787 g/mol. The molecule has 4 fully saturated rings. The second kappa shape index (κ2) is 14.6. The Morgan fingerprint density at radius 1 is 0.797 bits per heavy atom. The summed E-state index contributed by atoms with van der Waals surface area (Å²) in [6.07, 6.45) is -2.81. The van der Waals surface area contributed by atoms with Gasteiger partial charge < -0.3 is 24.0 Å². The maximum atomic E-state index is 14.6. The molecule has 4 saturated heterocycles. The molecule has 1 aliphatic carbocycles. The molecule has 7 heterocycles. The van der Waals surface area contributed by atoms with Gasteiger partial charge in [0.2, 0.25) is 29.5 Å². The summed E-state index contributed by atoms with van der Waals surface area (Å²) < 4.78 is 61.3. The molecule has 1 atom stereocenters. The number of likely N-dealkylation sites (tertiary alicyclic amines) is 4. The molecular formula is C43H45ClF3N7O5. The van der Waals surface area contributed by atoms with Crippen molar-refractivity contribution in [1.29, 1.82) is 0 Å². The van der Waals surface area contributed by atoms with Gasteiger partial charge in [-0.15, -0.1) is 0 Å². The van der Waals surface area contributed by atoms with Crippen LogP contribution in [0.3, 0.4) is 0 Å². The summed E-state index contributed by atoms with van der Waals surface area (Å²) in [5.74, 6) is 0.196. The third-order valence-electron chi connectivity index (χ3n) is 12.6. The zero-order valence-electron chi connectivity index (χ0n) is 33.4. The Hall–Kier alpha value is -4.99. The maximum Gasteiger partial charge on any atom is 0.421 e. The molecule has 2 spiro atoms. The van der Waals surface area contributed by atoms with E-state index in [1.54, 1.807) is 38.1 Å². The average molecular weight is 832 g/mol. The zero-order valence-corrected chi connectivity index (χ0v) is 34.1. The number of carbonyl (C=O) groups excluding carboxylic acids is 2. The van der Waals surface area contributed by atoms with Crippen LogP contribution >= 0.6 is 11.6 Å². The number of halogens is 4. The molecule has 59 heavy (non-hydrogen) atoms. The van der Waals surface area contributed by atoms with Crippen molar-refractivity contribution in [2.45, 2.75) is 52.1 Å². The minimum Gasteiger partial charge on any atom is -0.481 e. The predicted octanol–water partition coefficient (Wildman–Crippen LogP) is 6.29. The number of aromatic nitrogens is 3. The smallest absolute Gasteiger partial charge is 0.421 e. The van der Waals surface area contributed by atoms with Crippen molar-refractivity contribution in [3.63, 3.8) is 0 Å². The van der Waals surface area contributed by atoms with E-state index >= 15 is 0 Å². The van der Waals surface area contributed by atoms with Crippen LogP contribution in [0.15, 0.2) is 48.7 Å². The first kappa shape index (κ1) is 39.5. The number of benzene rings is 1. The molecule has 310 valence electrons. The summed E-state index contributed by atoms with van der Waals surface area (Å²) in [5.41, 5.74) is 4.70. The number of ether oxygens (including phenoxy) is 3. The van der Waals surface area contributed by atoms with Crippen LogP contribution < -0.4 is 14.2 Å². The summed E-state index contributed by atoms with van der Waals surface area (Å²) in [4.78, 5) is 45.2. The average Bonchev–Trinajstić information content (AvgIpc) is 3.54. The molecule has 0 radical (unpaired) electrons. The Kier molecular flexibility index (Phi) is 9.79. The summed E-state index contributed by atoms with van der Waals surface area (Å²) >= 11 is 7.12. The highest BCUT2D eigenvalue weighted by Crippen LogP contribution is 2.47. The van der Waals surface area contributed by atoms with Crippen LogP contribution in [-0.4, -0.2) is 113 Å². The Bertz CT molecular complexity index is 2330. The number of fused-ring (bicyclic) bond motifs is 1. The van der Waals surface area contributed by atoms with Crippen LogP contribution in [0.2, 0.25) is 5.02 Å². The standard InChI is InChI=1S/C43H45ClF3N7O5/c1-25(55)53-21-41(22-53)17-51(18-41)15-27-8-10-34(49-38(27)57-3)32-12-13-48-37(36(32)44)31-7-5-6-30-29(31)9-11-35(30)59-40-33(43(45,46)47)14-28(39(50-40)58-4)16-52-19-42(20-52)23-54(24-42)26(2)56/h5-8,10,12-14,35H,9,11,15-24H2,1-4H3/t35-/m1/s1. The minimum absolute atomic E-state index is 0.00486. The van der Waals surface area contributed by atoms with E-state index in [1.165, 1.54) is 7.11 Å². The highest BCUT2D eigenvalue weighted by Gasteiger charge is 2.53. The topological polar surface area (TPSA) is 113 Å². The SMILES string of the molecule is COc1nc(-c2ccnc(-c3cccc4c3CC[C@H]4Oc3nc(OC)c(CN4CC5(C4)CN(C(C)=O)C5)cc3C(F)(F)F)c2Cl)ccc1CN1CC2(C1)CN(C(C)=O)C2. The van der Waals surface area contributed by atoms with Crippen LogP contribution in [0.1, 0.15) is 54.2 Å². The third kappa shape index (κ3) is 7.14. The number of hydrogen-bond donors (Lipinski definition) is 0. The number of carbonyl (C=O) groups is 2. The van der Waals surface area contributed by atoms with Crippen molar-refractivity contribution < 1.29 is 37.0 Å². The van der Waals surface area contributed by atoms with Gasteiger partial charge in [0.05, 0.1) is 30.6 Å². The van der Waals surface area contributed by atoms with Crippen LogP contribution in [-0.2, 0) is 35.3 Å². The fraction of sp³-hybridized carbons (Fsp3) is 0.465. The zero-order chi connectivity index (χ0) is 41.4. The molecule has 9 rings (SSSR count). The van der Waals surface area contributed by atoms with Gasteiger partial charge in [-0.25, -0.2) is 4.98 Å². The lowest BCUT2D eigenvalue weighted by Crippen LogP contribution is -2.72. The van der Waals surface area contributed by atoms with E-state index in [0.29, 0.717) is 79.0 Å². The van der Waals surface area contributed by atoms with E-state index < -0.39 is 23.7 Å². The molecule has 5 aliphatic rings. The monoisotopic (exact) mass is 831 g/mol. The lowest BCUT2D eigenvalue weighted by molar-refractivity contribution is -0.158. The Morgan fingerprint density at radius 2 is 1.41 bits per heavy atom. The second-order valence-electron chi connectivity index (χ2n) is 17.0. The summed E-state index contributed by atoms with van der Waals surface area (Å²) in [6.45, 7) is 10.2. The van der Waals surface area contributed by atoms with Crippen molar-refractivity contribution >= 4 is 23.4 Å². The number of hydrogen-bond acceptors (Lipinski definition) is 10. The van der Waals surface area contributed by atoms with Gasteiger partial charge in [0.15, 0.2) is 0 Å². The number of amides is 2. The molecule has 4 aromatic rings. The Morgan fingerprint density at radius 3 is 2.00 bits per heavy atom. The molecule has 0 bridgehead atoms. The second-order valence-corrected chi connectivity index (χ2v) is 17.3. The van der Waals surface area contributed by atoms with Crippen molar-refractivity contribution in [2.24, 2.45) is 10.8 Å². The third-order valence-corrected chi connectivity index (χ3v) is 13.0. The number of pyridine rings is 3. The van der Waals surface area contributed by atoms with Gasteiger partial charge in [-0.3, -0.25) is 24.4 Å². The van der Waals surface area contributed by atoms with Gasteiger partial charge in [-0.2, -0.15) is 18.2 Å². The number of methoxy groups -OCH3 is 2. The molecule has 4 aliphatic heterocycles. The first-order valence-electron chi connectivity index (χ1n) is 19.8. The van der Waals surface area contributed by atoms with Crippen LogP contribution in [0.4, 0.5) is 13.2 Å². The van der Waals surface area contributed by atoms with E-state index in [-0.39, 0.29) is 35.1 Å². The normalized spacial score (nSPS) is 20.4. The largest absolute Gasteiger partial charge is 0.481 e. The highest BCUT2D eigenvalue weighted by atomic mass is 35.5. The lowest BCUT2D eigenvalue weighted by atomic mass is 9.72. The van der Waals surface area contributed by atoms with Crippen molar-refractivity contribution in [3.05, 3.63) is 81.5 Å². The van der Waals surface area contributed by atoms with Crippen molar-refractivity contribution in [2.75, 3.05) is 66.6 Å². The van der Waals surface area contributed by atoms with Crippen LogP contribution in [0, 0.1) is 10.8 Å². The minimum atomic E-state index is -4.72. The van der Waals surface area contributed by atoms with Crippen molar-refractivity contribution in [1.82, 2.24) is 34.6 Å². The summed E-state index contributed by atoms with van der Waals surface area (Å²) in [6, 6.07) is 12.4. The van der Waals surface area contributed by atoms with E-state index in [0.717, 1.165) is 54.5 Å². The van der Waals surface area contributed by atoms with E-state index in [4.69, 9.17) is 30.8 Å². The molecule has 0 unspecified atom stereocenters. The maximum absolute atomic E-state index is 14.6. The molecule has 16 heteroatoms. The number of alkyl halides is 3. The molecule has 1 aromatic carbocycles. The Balaban J connectivity index is 0.922. The first-order valence-corrected chi connectivity index (χ1v) is 20.1. The Labute approximate surface area is 345 Å². The van der Waals surface area contributed by atoms with Crippen LogP contribution in [0.5, 0.6) is 17.6 Å². The highest BCUT2D eigenvalue weighted by molar-refractivity contribution is 6.35. The number of nitrogens with zero attached hydrogens (tertiary/aromatic N) is 7. The van der Waals surface area contributed by atoms with Crippen molar-refractivity contribution in [3.8, 4) is 40.2 Å². The first-order chi connectivity index (χ1) is 28.2. The van der Waals surface area contributed by atoms with E-state index in [2.05, 4.69) is 14.9 Å². The molecule has 12 nitrogen and oxygen atoms in total. The number of rotatable bonds is 10. The summed E-state index contributed by atoms with van der Waals surface area (Å²) in [7, 11) is 2.98. The molecule has 3 aromatic heterocycles. The van der Waals surface area contributed by atoms with E-state index in [1.807, 2.05) is 40.1 Å². The molecule has 0 N–H and O–H groups in total. The lowest BCUT2D eigenvalue weighted by Gasteiger charge is -2.60. The van der Waals surface area contributed by atoms with Gasteiger partial charge in [-0.05, 0) is 42.2 Å². The van der Waals surface area contributed by atoms with Gasteiger partial charge in [-0.1, -0.05) is 35.9 Å². The quantitative estimate of drug-likeness (QED) is 0.181. The summed E-state index contributed by atoms with van der Waals surface area (Å²) in [5, 5.41) is 0.389. The fourth-order valence-electron chi connectivity index (χ4n) is 9.83. The molecule has 0 saturated carbocycles. The van der Waals surface area contributed by atoms with Gasteiger partial charge >= 0.3 is 6.18 Å². The van der Waals surface area contributed by atoms with Gasteiger partial charge in [0.1, 0.15) is 11.7 Å².